The largest absolute Gasteiger partial charge is 0.508 e. The molecule has 3 N–H and O–H groups in total. The van der Waals surface area contributed by atoms with Gasteiger partial charge < -0.3 is 30.1 Å². The van der Waals surface area contributed by atoms with E-state index in [1.54, 1.807) is 80.9 Å². The highest BCUT2D eigenvalue weighted by molar-refractivity contribution is 7.98. The third kappa shape index (κ3) is 11.1. The summed E-state index contributed by atoms with van der Waals surface area (Å²) in [5, 5.41) is 16.1. The summed E-state index contributed by atoms with van der Waals surface area (Å²) < 4.78 is 10.7. The Hall–Kier alpha value is -3.40. The van der Waals surface area contributed by atoms with Crippen LogP contribution >= 0.6 is 11.8 Å². The van der Waals surface area contributed by atoms with Crippen LogP contribution in [0.3, 0.4) is 0 Å². The number of anilines is 1. The van der Waals surface area contributed by atoms with Crippen molar-refractivity contribution in [1.29, 1.82) is 0 Å². The molecule has 232 valence electrons. The summed E-state index contributed by atoms with van der Waals surface area (Å²) in [4.78, 5) is 42.9. The predicted octanol–water partition coefficient (Wildman–Crippen LogP) is 6.38. The third-order valence-electron chi connectivity index (χ3n) is 6.56. The molecule has 0 saturated heterocycles. The molecule has 0 radical (unpaired) electrons. The molecule has 2 aromatic carbocycles. The van der Waals surface area contributed by atoms with E-state index in [-0.39, 0.29) is 11.8 Å². The lowest BCUT2D eigenvalue weighted by Crippen LogP contribution is -2.55. The van der Waals surface area contributed by atoms with Crippen LogP contribution in [0.4, 0.5) is 10.5 Å². The minimum atomic E-state index is -1.09. The fourth-order valence-electron chi connectivity index (χ4n) is 4.45. The van der Waals surface area contributed by atoms with Gasteiger partial charge in [-0.1, -0.05) is 26.0 Å². The zero-order valence-electron chi connectivity index (χ0n) is 26.1. The molecule has 10 heteroatoms. The fourth-order valence-corrected chi connectivity index (χ4v) is 4.92. The van der Waals surface area contributed by atoms with Gasteiger partial charge in [0.2, 0.25) is 5.91 Å². The molecule has 0 aliphatic rings. The van der Waals surface area contributed by atoms with Crippen LogP contribution in [0.25, 0.3) is 0 Å². The summed E-state index contributed by atoms with van der Waals surface area (Å²) in [6.45, 7) is 11.4. The van der Waals surface area contributed by atoms with Gasteiger partial charge in [0.15, 0.2) is 0 Å². The van der Waals surface area contributed by atoms with Gasteiger partial charge in [-0.05, 0) is 107 Å². The number of phenolic OH excluding ortho intramolecular Hbond substituents is 1. The maximum Gasteiger partial charge on any atom is 0.408 e. The standard InChI is InChI=1S/C32H47N3O6S/c1-21(2)12-13-22(3)35(30(38)27(18-19-42-8)34-31(39)41-32(4,5)6)28(23-10-9-11-25(36)20-23)29(37)33-24-14-16-26(40-7)17-15-24/h9-11,14-17,20-22,27-28,36H,12-13,18-19H2,1-8H3,(H,33,37)(H,34,39). The fraction of sp³-hybridized carbons (Fsp3) is 0.531. The van der Waals surface area contributed by atoms with E-state index in [4.69, 9.17) is 9.47 Å². The summed E-state index contributed by atoms with van der Waals surface area (Å²) in [6, 6.07) is 10.9. The summed E-state index contributed by atoms with van der Waals surface area (Å²) in [5.41, 5.74) is 0.231. The van der Waals surface area contributed by atoms with Gasteiger partial charge in [0.1, 0.15) is 29.2 Å². The number of carbonyl (C=O) groups excluding carboxylic acids is 3. The average molecular weight is 602 g/mol. The van der Waals surface area contributed by atoms with Crippen LogP contribution in [0.15, 0.2) is 48.5 Å². The van der Waals surface area contributed by atoms with Crippen molar-refractivity contribution in [1.82, 2.24) is 10.2 Å². The van der Waals surface area contributed by atoms with Crippen molar-refractivity contribution < 1.29 is 29.0 Å². The van der Waals surface area contributed by atoms with Gasteiger partial charge in [0, 0.05) is 11.7 Å². The smallest absolute Gasteiger partial charge is 0.408 e. The summed E-state index contributed by atoms with van der Waals surface area (Å²) in [5.74, 6) is 0.754. The monoisotopic (exact) mass is 601 g/mol. The van der Waals surface area contributed by atoms with Gasteiger partial charge in [-0.2, -0.15) is 11.8 Å². The number of hydrogen-bond acceptors (Lipinski definition) is 7. The first-order valence-corrected chi connectivity index (χ1v) is 15.7. The molecule has 0 aliphatic heterocycles. The quantitative estimate of drug-likeness (QED) is 0.230. The van der Waals surface area contributed by atoms with Gasteiger partial charge >= 0.3 is 6.09 Å². The molecule has 0 saturated carbocycles. The van der Waals surface area contributed by atoms with Crippen LogP contribution < -0.4 is 15.4 Å². The second-order valence-corrected chi connectivity index (χ2v) is 12.7. The summed E-state index contributed by atoms with van der Waals surface area (Å²) in [6.07, 6.45) is 3.03. The molecule has 42 heavy (non-hydrogen) atoms. The van der Waals surface area contributed by atoms with E-state index in [1.165, 1.54) is 12.1 Å². The van der Waals surface area contributed by atoms with Crippen LogP contribution in [0.5, 0.6) is 11.5 Å². The first-order valence-electron chi connectivity index (χ1n) is 14.3. The SMILES string of the molecule is COc1ccc(NC(=O)C(c2cccc(O)c2)N(C(=O)C(CCSC)NC(=O)OC(C)(C)C)C(C)CCC(C)C)cc1. The van der Waals surface area contributed by atoms with E-state index >= 15 is 0 Å². The zero-order valence-corrected chi connectivity index (χ0v) is 26.9. The average Bonchev–Trinajstić information content (AvgIpc) is 2.91. The van der Waals surface area contributed by atoms with Gasteiger partial charge in [-0.15, -0.1) is 0 Å². The molecular weight excluding hydrogens is 554 g/mol. The van der Waals surface area contributed by atoms with E-state index in [9.17, 15) is 19.5 Å². The molecule has 0 spiro atoms. The lowest BCUT2D eigenvalue weighted by molar-refractivity contribution is -0.143. The molecule has 0 aliphatic carbocycles. The number of ether oxygens (including phenoxy) is 2. The maximum atomic E-state index is 14.5. The highest BCUT2D eigenvalue weighted by atomic mass is 32.2. The number of phenols is 1. The molecule has 2 aromatic rings. The van der Waals surface area contributed by atoms with Gasteiger partial charge in [-0.3, -0.25) is 9.59 Å². The second kappa shape index (κ2) is 16.3. The second-order valence-electron chi connectivity index (χ2n) is 11.8. The Kier molecular flexibility index (Phi) is 13.5. The number of alkyl carbamates (subject to hydrolysis) is 1. The van der Waals surface area contributed by atoms with Crippen LogP contribution in [0, 0.1) is 5.92 Å². The Morgan fingerprint density at radius 2 is 1.67 bits per heavy atom. The molecule has 3 amide bonds. The van der Waals surface area contributed by atoms with E-state index in [0.717, 1.165) is 6.42 Å². The van der Waals surface area contributed by atoms with Crippen molar-refractivity contribution in [2.45, 2.75) is 84.5 Å². The summed E-state index contributed by atoms with van der Waals surface area (Å²) >= 11 is 1.55. The Balaban J connectivity index is 2.60. The van der Waals surface area contributed by atoms with Crippen molar-refractivity contribution in [2.24, 2.45) is 5.92 Å². The molecule has 9 nitrogen and oxygen atoms in total. The lowest BCUT2D eigenvalue weighted by atomic mass is 9.96. The molecule has 2 rings (SSSR count). The number of hydrogen-bond donors (Lipinski definition) is 3. The Morgan fingerprint density at radius 3 is 2.21 bits per heavy atom. The van der Waals surface area contributed by atoms with Crippen molar-refractivity contribution in [3.8, 4) is 11.5 Å². The predicted molar refractivity (Wildman–Crippen MR) is 169 cm³/mol. The number of rotatable bonds is 14. The maximum absolute atomic E-state index is 14.5. The zero-order chi connectivity index (χ0) is 31.4. The topological polar surface area (TPSA) is 117 Å². The lowest BCUT2D eigenvalue weighted by Gasteiger charge is -2.39. The molecule has 3 atom stereocenters. The number of nitrogens with zero attached hydrogens (tertiary/aromatic N) is 1. The molecule has 0 heterocycles. The van der Waals surface area contributed by atoms with Crippen LogP contribution in [0.2, 0.25) is 0 Å². The number of carbonyl (C=O) groups is 3. The number of benzene rings is 2. The van der Waals surface area contributed by atoms with Crippen molar-refractivity contribution in [3.63, 3.8) is 0 Å². The van der Waals surface area contributed by atoms with E-state index in [0.29, 0.717) is 41.5 Å². The molecule has 0 bridgehead atoms. The van der Waals surface area contributed by atoms with E-state index in [2.05, 4.69) is 24.5 Å². The first-order chi connectivity index (χ1) is 19.7. The number of thioether (sulfide) groups is 1. The minimum Gasteiger partial charge on any atom is -0.508 e. The van der Waals surface area contributed by atoms with Crippen LogP contribution in [0.1, 0.15) is 72.4 Å². The van der Waals surface area contributed by atoms with E-state index < -0.39 is 35.6 Å². The van der Waals surface area contributed by atoms with Crippen molar-refractivity contribution in [2.75, 3.05) is 24.4 Å². The molecular formula is C32H47N3O6S. The molecule has 3 unspecified atom stereocenters. The molecule has 0 fully saturated rings. The Labute approximate surface area is 254 Å². The minimum absolute atomic E-state index is 0.0252. The third-order valence-corrected chi connectivity index (χ3v) is 7.20. The van der Waals surface area contributed by atoms with Gasteiger partial charge in [-0.25, -0.2) is 4.79 Å². The van der Waals surface area contributed by atoms with Crippen molar-refractivity contribution in [3.05, 3.63) is 54.1 Å². The van der Waals surface area contributed by atoms with Gasteiger partial charge in [0.05, 0.1) is 7.11 Å². The molecule has 0 aromatic heterocycles. The Bertz CT molecular complexity index is 1170. The first kappa shape index (κ1) is 34.8. The van der Waals surface area contributed by atoms with Gasteiger partial charge in [0.25, 0.3) is 5.91 Å². The number of amides is 3. The number of aromatic hydroxyl groups is 1. The number of nitrogens with one attached hydrogen (secondary N) is 2. The summed E-state index contributed by atoms with van der Waals surface area (Å²) in [7, 11) is 1.56. The number of methoxy groups -OCH3 is 1. The highest BCUT2D eigenvalue weighted by Gasteiger charge is 2.39. The van der Waals surface area contributed by atoms with Crippen LogP contribution in [-0.4, -0.2) is 64.7 Å². The van der Waals surface area contributed by atoms with E-state index in [1.807, 2.05) is 13.2 Å². The Morgan fingerprint density at radius 1 is 1.00 bits per heavy atom. The highest BCUT2D eigenvalue weighted by Crippen LogP contribution is 2.31. The normalized spacial score (nSPS) is 13.5. The van der Waals surface area contributed by atoms with Crippen LogP contribution in [-0.2, 0) is 14.3 Å². The van der Waals surface area contributed by atoms with Crippen molar-refractivity contribution >= 4 is 35.4 Å².